The first kappa shape index (κ1) is 13.6. The molecule has 0 aliphatic heterocycles. The summed E-state index contributed by atoms with van der Waals surface area (Å²) in [6.45, 7) is 6.41. The summed E-state index contributed by atoms with van der Waals surface area (Å²) in [6, 6.07) is 0. The van der Waals surface area contributed by atoms with Gasteiger partial charge in [-0.15, -0.1) is 0 Å². The van der Waals surface area contributed by atoms with E-state index in [1.165, 1.54) is 0 Å². The number of hydrogen-bond donors (Lipinski definition) is 1. The average Bonchev–Trinajstić information content (AvgIpc) is 2.15. The predicted molar refractivity (Wildman–Crippen MR) is 66.4 cm³/mol. The number of hydrogen-bond acceptors (Lipinski definition) is 5. The lowest BCUT2D eigenvalue weighted by molar-refractivity contribution is -0.384. The number of anilines is 1. The molecule has 17 heavy (non-hydrogen) atoms. The highest BCUT2D eigenvalue weighted by Gasteiger charge is 2.23. The molecule has 7 heteroatoms. The van der Waals surface area contributed by atoms with Gasteiger partial charge in [-0.25, -0.2) is 9.97 Å². The second kappa shape index (κ2) is 5.77. The van der Waals surface area contributed by atoms with Crippen LogP contribution in [-0.2, 0) is 6.42 Å². The molecule has 6 nitrogen and oxygen atoms in total. The number of halogens is 1. The molecule has 0 unspecified atom stereocenters. The van der Waals surface area contributed by atoms with Gasteiger partial charge in [0.1, 0.15) is 5.82 Å². The molecule has 1 rings (SSSR count). The lowest BCUT2D eigenvalue weighted by atomic mass is 10.1. The molecule has 0 amide bonds. The lowest BCUT2D eigenvalue weighted by Crippen LogP contribution is -2.09. The van der Waals surface area contributed by atoms with Crippen molar-refractivity contribution >= 4 is 23.1 Å². The van der Waals surface area contributed by atoms with Crippen molar-refractivity contribution in [1.29, 1.82) is 0 Å². The van der Waals surface area contributed by atoms with E-state index in [1.807, 2.05) is 20.8 Å². The van der Waals surface area contributed by atoms with Crippen LogP contribution >= 0.6 is 11.6 Å². The van der Waals surface area contributed by atoms with E-state index in [4.69, 9.17) is 11.6 Å². The van der Waals surface area contributed by atoms with Crippen LogP contribution in [0.4, 0.5) is 11.5 Å². The van der Waals surface area contributed by atoms with Crippen LogP contribution in [0.2, 0.25) is 5.15 Å². The van der Waals surface area contributed by atoms with E-state index >= 15 is 0 Å². The molecule has 1 aromatic rings. The SMILES string of the molecule is CCNc1nc(CC(C)C)nc(Cl)c1[N+](=O)[O-]. The standard InChI is InChI=1S/C10H15ClN4O2/c1-4-12-10-8(15(16)17)9(11)13-7(14-10)5-6(2)3/h6H,4-5H2,1-3H3,(H,12,13,14). The Bertz CT molecular complexity index is 423. The molecule has 1 N–H and O–H groups in total. The first-order chi connectivity index (χ1) is 7.95. The van der Waals surface area contributed by atoms with Gasteiger partial charge >= 0.3 is 5.69 Å². The summed E-state index contributed by atoms with van der Waals surface area (Å²) in [5.74, 6) is 1.07. The third-order valence-electron chi connectivity index (χ3n) is 2.01. The van der Waals surface area contributed by atoms with E-state index in [2.05, 4.69) is 15.3 Å². The first-order valence-electron chi connectivity index (χ1n) is 5.40. The molecule has 0 aliphatic rings. The average molecular weight is 259 g/mol. The third-order valence-corrected chi connectivity index (χ3v) is 2.27. The number of rotatable bonds is 5. The van der Waals surface area contributed by atoms with Gasteiger partial charge in [-0.2, -0.15) is 0 Å². The number of nitro groups is 1. The zero-order valence-electron chi connectivity index (χ0n) is 10.0. The topological polar surface area (TPSA) is 81.0 Å². The minimum Gasteiger partial charge on any atom is -0.364 e. The zero-order valence-corrected chi connectivity index (χ0v) is 10.8. The molecule has 0 saturated heterocycles. The minimum absolute atomic E-state index is 0.114. The molecule has 0 aromatic carbocycles. The predicted octanol–water partition coefficient (Wildman–Crippen LogP) is 2.67. The monoisotopic (exact) mass is 258 g/mol. The van der Waals surface area contributed by atoms with Crippen molar-refractivity contribution in [2.24, 2.45) is 5.92 Å². The maximum absolute atomic E-state index is 10.9. The summed E-state index contributed by atoms with van der Waals surface area (Å²) < 4.78 is 0. The van der Waals surface area contributed by atoms with Crippen LogP contribution in [0.15, 0.2) is 0 Å². The highest BCUT2D eigenvalue weighted by molar-refractivity contribution is 6.31. The van der Waals surface area contributed by atoms with Gasteiger partial charge in [0.2, 0.25) is 11.0 Å². The fourth-order valence-corrected chi connectivity index (χ4v) is 1.64. The van der Waals surface area contributed by atoms with Gasteiger partial charge < -0.3 is 5.32 Å². The van der Waals surface area contributed by atoms with Gasteiger partial charge in [-0.3, -0.25) is 10.1 Å². The number of nitrogens with zero attached hydrogens (tertiary/aromatic N) is 3. The molecule has 1 aromatic heterocycles. The van der Waals surface area contributed by atoms with E-state index in [0.29, 0.717) is 24.7 Å². The molecular weight excluding hydrogens is 244 g/mol. The van der Waals surface area contributed by atoms with E-state index in [1.54, 1.807) is 0 Å². The Hall–Kier alpha value is -1.43. The smallest absolute Gasteiger partial charge is 0.348 e. The van der Waals surface area contributed by atoms with Crippen LogP contribution in [0, 0.1) is 16.0 Å². The maximum Gasteiger partial charge on any atom is 0.348 e. The Morgan fingerprint density at radius 1 is 1.47 bits per heavy atom. The molecular formula is C10H15ClN4O2. The van der Waals surface area contributed by atoms with Gasteiger partial charge in [0.25, 0.3) is 0 Å². The Kier molecular flexibility index (Phi) is 4.62. The molecule has 0 spiro atoms. The Morgan fingerprint density at radius 3 is 2.59 bits per heavy atom. The Morgan fingerprint density at radius 2 is 2.12 bits per heavy atom. The van der Waals surface area contributed by atoms with Gasteiger partial charge in [0, 0.05) is 13.0 Å². The normalized spacial score (nSPS) is 10.6. The minimum atomic E-state index is -0.570. The van der Waals surface area contributed by atoms with Crippen molar-refractivity contribution in [2.45, 2.75) is 27.2 Å². The van der Waals surface area contributed by atoms with Crippen molar-refractivity contribution in [3.8, 4) is 0 Å². The third kappa shape index (κ3) is 3.52. The summed E-state index contributed by atoms with van der Waals surface area (Å²) in [5, 5.41) is 13.6. The highest BCUT2D eigenvalue weighted by Crippen LogP contribution is 2.29. The maximum atomic E-state index is 10.9. The Labute approximate surface area is 105 Å². The molecule has 1 heterocycles. The molecule has 0 aliphatic carbocycles. The second-order valence-electron chi connectivity index (χ2n) is 4.01. The van der Waals surface area contributed by atoms with Crippen LogP contribution in [0.3, 0.4) is 0 Å². The summed E-state index contributed by atoms with van der Waals surface area (Å²) in [5.41, 5.74) is -0.263. The summed E-state index contributed by atoms with van der Waals surface area (Å²) in [6.07, 6.45) is 0.635. The van der Waals surface area contributed by atoms with Crippen LogP contribution in [-0.4, -0.2) is 21.4 Å². The van der Waals surface area contributed by atoms with Gasteiger partial charge in [-0.05, 0) is 12.8 Å². The van der Waals surface area contributed by atoms with Crippen molar-refractivity contribution < 1.29 is 4.92 Å². The fourth-order valence-electron chi connectivity index (χ4n) is 1.38. The van der Waals surface area contributed by atoms with Crippen molar-refractivity contribution in [3.05, 3.63) is 21.1 Å². The summed E-state index contributed by atoms with van der Waals surface area (Å²) in [7, 11) is 0. The van der Waals surface area contributed by atoms with Crippen LogP contribution in [0.5, 0.6) is 0 Å². The van der Waals surface area contributed by atoms with Gasteiger partial charge in [0.15, 0.2) is 0 Å². The van der Waals surface area contributed by atoms with Gasteiger partial charge in [0.05, 0.1) is 4.92 Å². The second-order valence-corrected chi connectivity index (χ2v) is 4.37. The fraction of sp³-hybridized carbons (Fsp3) is 0.600. The first-order valence-corrected chi connectivity index (χ1v) is 5.78. The highest BCUT2D eigenvalue weighted by atomic mass is 35.5. The van der Waals surface area contributed by atoms with E-state index in [-0.39, 0.29) is 16.7 Å². The Balaban J connectivity index is 3.20. The molecule has 0 bridgehead atoms. The largest absolute Gasteiger partial charge is 0.364 e. The molecule has 94 valence electrons. The number of nitrogens with one attached hydrogen (secondary N) is 1. The molecule has 0 saturated carbocycles. The van der Waals surface area contributed by atoms with Crippen molar-refractivity contribution in [3.63, 3.8) is 0 Å². The number of aromatic nitrogens is 2. The van der Waals surface area contributed by atoms with Gasteiger partial charge in [-0.1, -0.05) is 25.4 Å². The zero-order chi connectivity index (χ0) is 13.0. The molecule has 0 radical (unpaired) electrons. The lowest BCUT2D eigenvalue weighted by Gasteiger charge is -2.08. The van der Waals surface area contributed by atoms with E-state index < -0.39 is 4.92 Å². The summed E-state index contributed by atoms with van der Waals surface area (Å²) >= 11 is 5.82. The van der Waals surface area contributed by atoms with Crippen molar-refractivity contribution in [1.82, 2.24) is 9.97 Å². The van der Waals surface area contributed by atoms with Crippen molar-refractivity contribution in [2.75, 3.05) is 11.9 Å². The molecule has 0 fully saturated rings. The van der Waals surface area contributed by atoms with Crippen LogP contribution < -0.4 is 5.32 Å². The van der Waals surface area contributed by atoms with E-state index in [0.717, 1.165) is 0 Å². The molecule has 0 atom stereocenters. The van der Waals surface area contributed by atoms with E-state index in [9.17, 15) is 10.1 Å². The summed E-state index contributed by atoms with van der Waals surface area (Å²) in [4.78, 5) is 18.4. The quantitative estimate of drug-likeness (QED) is 0.499. The van der Waals surface area contributed by atoms with Crippen LogP contribution in [0.1, 0.15) is 26.6 Å². The van der Waals surface area contributed by atoms with Crippen LogP contribution in [0.25, 0.3) is 0 Å².